The van der Waals surface area contributed by atoms with Crippen LogP contribution in [-0.4, -0.2) is 28.8 Å². The number of aromatic nitrogens is 1. The van der Waals surface area contributed by atoms with Crippen LogP contribution in [0.4, 0.5) is 9.18 Å². The lowest BCUT2D eigenvalue weighted by Gasteiger charge is -2.34. The number of nitrogens with zero attached hydrogens (tertiary/aromatic N) is 1. The highest BCUT2D eigenvalue weighted by molar-refractivity contribution is 5.68. The SMILES string of the molecule is CC(C)(C)OC(=O)NC1CC[C@@H]2[C@@H](C1)C[C@@H](N)[C@H]2/C=C/c1ccc(-c2cccc(F)c2)cn1. The number of amides is 1. The Balaban J connectivity index is 1.35. The summed E-state index contributed by atoms with van der Waals surface area (Å²) in [5, 5.41) is 3.04. The Bertz CT molecular complexity index is 999. The number of hydrogen-bond donors (Lipinski definition) is 2. The van der Waals surface area contributed by atoms with Crippen molar-refractivity contribution in [2.24, 2.45) is 23.5 Å². The first-order valence-corrected chi connectivity index (χ1v) is 11.8. The number of halogens is 1. The van der Waals surface area contributed by atoms with E-state index in [1.807, 2.05) is 45.0 Å². The fourth-order valence-electron chi connectivity index (χ4n) is 5.33. The fourth-order valence-corrected chi connectivity index (χ4v) is 5.33. The summed E-state index contributed by atoms with van der Waals surface area (Å²) in [5.74, 6) is 1.09. The van der Waals surface area contributed by atoms with Crippen LogP contribution >= 0.6 is 0 Å². The topological polar surface area (TPSA) is 77.2 Å². The molecule has 2 saturated carbocycles. The summed E-state index contributed by atoms with van der Waals surface area (Å²) < 4.78 is 18.9. The van der Waals surface area contributed by atoms with Gasteiger partial charge >= 0.3 is 6.09 Å². The molecule has 0 bridgehead atoms. The van der Waals surface area contributed by atoms with Crippen LogP contribution in [0.2, 0.25) is 0 Å². The Labute approximate surface area is 195 Å². The maximum absolute atomic E-state index is 13.5. The van der Waals surface area contributed by atoms with Gasteiger partial charge in [-0.15, -0.1) is 0 Å². The zero-order valence-corrected chi connectivity index (χ0v) is 19.6. The Hall–Kier alpha value is -2.73. The number of carbonyl (C=O) groups excluding carboxylic acids is 1. The van der Waals surface area contributed by atoms with Gasteiger partial charge in [-0.05, 0) is 94.0 Å². The van der Waals surface area contributed by atoms with Gasteiger partial charge in [0.05, 0.1) is 5.69 Å². The second-order valence-corrected chi connectivity index (χ2v) is 10.4. The molecule has 5 atom stereocenters. The number of nitrogens with two attached hydrogens (primary N) is 1. The number of nitrogens with one attached hydrogen (secondary N) is 1. The lowest BCUT2D eigenvalue weighted by atomic mass is 9.75. The molecule has 0 radical (unpaired) electrons. The molecule has 1 amide bonds. The van der Waals surface area contributed by atoms with Gasteiger partial charge in [-0.1, -0.05) is 24.3 Å². The van der Waals surface area contributed by atoms with Gasteiger partial charge in [0, 0.05) is 23.8 Å². The van der Waals surface area contributed by atoms with Crippen molar-refractivity contribution >= 4 is 12.2 Å². The first-order valence-electron chi connectivity index (χ1n) is 11.8. The van der Waals surface area contributed by atoms with E-state index >= 15 is 0 Å². The zero-order valence-electron chi connectivity index (χ0n) is 19.6. The normalized spacial score (nSPS) is 27.4. The molecule has 0 spiro atoms. The third-order valence-electron chi connectivity index (χ3n) is 6.76. The number of hydrogen-bond acceptors (Lipinski definition) is 4. The fraction of sp³-hybridized carbons (Fsp3) is 0.481. The number of carbonyl (C=O) groups is 1. The third-order valence-corrected chi connectivity index (χ3v) is 6.76. The maximum atomic E-state index is 13.5. The van der Waals surface area contributed by atoms with Gasteiger partial charge < -0.3 is 15.8 Å². The van der Waals surface area contributed by atoms with Crippen molar-refractivity contribution in [3.63, 3.8) is 0 Å². The van der Waals surface area contributed by atoms with Gasteiger partial charge in [0.1, 0.15) is 11.4 Å². The molecule has 176 valence electrons. The van der Waals surface area contributed by atoms with Crippen LogP contribution in [0.1, 0.15) is 52.1 Å². The number of benzene rings is 1. The minimum Gasteiger partial charge on any atom is -0.444 e. The monoisotopic (exact) mass is 451 g/mol. The van der Waals surface area contributed by atoms with Gasteiger partial charge in [0.2, 0.25) is 0 Å². The molecule has 6 heteroatoms. The predicted octanol–water partition coefficient (Wildman–Crippen LogP) is 5.56. The van der Waals surface area contributed by atoms with Crippen LogP contribution in [0.25, 0.3) is 17.2 Å². The largest absolute Gasteiger partial charge is 0.444 e. The van der Waals surface area contributed by atoms with E-state index in [1.165, 1.54) is 12.1 Å². The highest BCUT2D eigenvalue weighted by Crippen LogP contribution is 2.46. The molecule has 1 aromatic heterocycles. The molecule has 1 aromatic carbocycles. The Morgan fingerprint density at radius 2 is 2.00 bits per heavy atom. The highest BCUT2D eigenvalue weighted by atomic mass is 19.1. The van der Waals surface area contributed by atoms with E-state index in [1.54, 1.807) is 12.3 Å². The van der Waals surface area contributed by atoms with Crippen molar-refractivity contribution in [1.29, 1.82) is 0 Å². The minimum atomic E-state index is -0.490. The first kappa shape index (κ1) is 23.4. The quantitative estimate of drug-likeness (QED) is 0.638. The number of ether oxygens (including phenoxy) is 1. The molecule has 33 heavy (non-hydrogen) atoms. The van der Waals surface area contributed by atoms with E-state index in [0.717, 1.165) is 42.5 Å². The van der Waals surface area contributed by atoms with Crippen molar-refractivity contribution in [1.82, 2.24) is 10.3 Å². The summed E-state index contributed by atoms with van der Waals surface area (Å²) in [7, 11) is 0. The average molecular weight is 452 g/mol. The molecule has 1 heterocycles. The van der Waals surface area contributed by atoms with Crippen molar-refractivity contribution in [3.8, 4) is 11.1 Å². The number of fused-ring (bicyclic) bond motifs is 1. The van der Waals surface area contributed by atoms with E-state index < -0.39 is 5.60 Å². The van der Waals surface area contributed by atoms with Gasteiger partial charge in [-0.25, -0.2) is 9.18 Å². The molecule has 1 unspecified atom stereocenters. The zero-order chi connectivity index (χ0) is 23.6. The molecule has 5 nitrogen and oxygen atoms in total. The smallest absolute Gasteiger partial charge is 0.407 e. The maximum Gasteiger partial charge on any atom is 0.407 e. The van der Waals surface area contributed by atoms with Crippen LogP contribution in [0.3, 0.4) is 0 Å². The van der Waals surface area contributed by atoms with Gasteiger partial charge in [-0.3, -0.25) is 4.98 Å². The van der Waals surface area contributed by atoms with E-state index in [-0.39, 0.29) is 24.0 Å². The highest BCUT2D eigenvalue weighted by Gasteiger charge is 2.43. The predicted molar refractivity (Wildman–Crippen MR) is 129 cm³/mol. The van der Waals surface area contributed by atoms with E-state index in [9.17, 15) is 9.18 Å². The molecule has 0 saturated heterocycles. The lowest BCUT2D eigenvalue weighted by molar-refractivity contribution is 0.0474. The molecule has 4 rings (SSSR count). The standard InChI is InChI=1S/C27H34FN3O2/c1-27(2,3)33-26(32)31-22-10-11-23-19(14-22)15-25(29)24(23)12-9-21-8-7-18(16-30-21)17-5-4-6-20(28)13-17/h4-9,12-13,16,19,22-25H,10-11,14-15,29H2,1-3H3,(H,31,32)/b12-9+/t19-,22?,23+,24-,25+/m0/s1. The summed E-state index contributed by atoms with van der Waals surface area (Å²) in [5.41, 5.74) is 8.61. The molecular formula is C27H34FN3O2. The Morgan fingerprint density at radius 1 is 1.18 bits per heavy atom. The van der Waals surface area contributed by atoms with Crippen LogP contribution < -0.4 is 11.1 Å². The summed E-state index contributed by atoms with van der Waals surface area (Å²) in [4.78, 5) is 16.7. The van der Waals surface area contributed by atoms with Crippen molar-refractivity contribution in [2.45, 2.75) is 64.1 Å². The number of pyridine rings is 1. The molecule has 2 aliphatic carbocycles. The lowest BCUT2D eigenvalue weighted by Crippen LogP contribution is -2.42. The minimum absolute atomic E-state index is 0.114. The van der Waals surface area contributed by atoms with Crippen LogP contribution in [0, 0.1) is 23.6 Å². The van der Waals surface area contributed by atoms with Crippen LogP contribution in [0.5, 0.6) is 0 Å². The molecule has 2 fully saturated rings. The van der Waals surface area contributed by atoms with Crippen molar-refractivity contribution in [2.75, 3.05) is 0 Å². The van der Waals surface area contributed by atoms with Gasteiger partial charge in [0.15, 0.2) is 0 Å². The molecule has 3 N–H and O–H groups in total. The summed E-state index contributed by atoms with van der Waals surface area (Å²) in [6.07, 6.45) is 9.60. The third kappa shape index (κ3) is 5.99. The summed E-state index contributed by atoms with van der Waals surface area (Å²) >= 11 is 0. The number of rotatable bonds is 4. The van der Waals surface area contributed by atoms with E-state index in [2.05, 4.69) is 16.4 Å². The summed E-state index contributed by atoms with van der Waals surface area (Å²) in [6, 6.07) is 10.7. The second-order valence-electron chi connectivity index (χ2n) is 10.4. The Morgan fingerprint density at radius 3 is 2.70 bits per heavy atom. The van der Waals surface area contributed by atoms with Gasteiger partial charge in [0.25, 0.3) is 0 Å². The number of alkyl carbamates (subject to hydrolysis) is 1. The van der Waals surface area contributed by atoms with Crippen molar-refractivity contribution < 1.29 is 13.9 Å². The second kappa shape index (κ2) is 9.64. The molecule has 2 aliphatic rings. The molecular weight excluding hydrogens is 417 g/mol. The Kier molecular flexibility index (Phi) is 6.84. The van der Waals surface area contributed by atoms with Crippen LogP contribution in [0.15, 0.2) is 48.7 Å². The first-order chi connectivity index (χ1) is 15.7. The van der Waals surface area contributed by atoms with Crippen molar-refractivity contribution in [3.05, 3.63) is 60.2 Å². The van der Waals surface area contributed by atoms with E-state index in [4.69, 9.17) is 10.5 Å². The van der Waals surface area contributed by atoms with Gasteiger partial charge in [-0.2, -0.15) is 0 Å². The van der Waals surface area contributed by atoms with E-state index in [0.29, 0.717) is 17.8 Å². The summed E-state index contributed by atoms with van der Waals surface area (Å²) in [6.45, 7) is 5.63. The van der Waals surface area contributed by atoms with Crippen LogP contribution in [-0.2, 0) is 4.74 Å². The molecule has 0 aliphatic heterocycles. The molecule has 2 aromatic rings. The average Bonchev–Trinajstić information content (AvgIpc) is 3.05.